The van der Waals surface area contributed by atoms with E-state index in [4.69, 9.17) is 0 Å². The van der Waals surface area contributed by atoms with Crippen LogP contribution in [0.5, 0.6) is 0 Å². The van der Waals surface area contributed by atoms with Crippen LogP contribution in [0, 0.1) is 29.6 Å². The van der Waals surface area contributed by atoms with Crippen molar-refractivity contribution in [2.75, 3.05) is 0 Å². The van der Waals surface area contributed by atoms with Crippen LogP contribution in [0.15, 0.2) is 0 Å². The molecular formula is C18H38. The van der Waals surface area contributed by atoms with Crippen LogP contribution in [0.25, 0.3) is 0 Å². The zero-order chi connectivity index (χ0) is 14.1. The van der Waals surface area contributed by atoms with Crippen molar-refractivity contribution in [1.82, 2.24) is 0 Å². The van der Waals surface area contributed by atoms with Gasteiger partial charge in [-0.2, -0.15) is 0 Å². The first kappa shape index (κ1) is 18.0. The third-order valence-corrected chi connectivity index (χ3v) is 5.34. The smallest absolute Gasteiger partial charge is 0.0360 e. The van der Waals surface area contributed by atoms with Gasteiger partial charge >= 0.3 is 0 Å². The van der Waals surface area contributed by atoms with Gasteiger partial charge < -0.3 is 0 Å². The van der Waals surface area contributed by atoms with Crippen molar-refractivity contribution in [2.45, 2.75) is 87.0 Å². The van der Waals surface area contributed by atoms with E-state index in [1.165, 1.54) is 38.5 Å². The summed E-state index contributed by atoms with van der Waals surface area (Å²) in [6.45, 7) is 16.9. The van der Waals surface area contributed by atoms with Crippen LogP contribution in [0.3, 0.4) is 0 Å². The van der Waals surface area contributed by atoms with Crippen molar-refractivity contribution in [3.8, 4) is 0 Å². The Kier molecular flexibility index (Phi) is 9.87. The first-order chi connectivity index (χ1) is 8.53. The molecule has 0 amide bonds. The van der Waals surface area contributed by atoms with Gasteiger partial charge in [-0.05, 0) is 29.6 Å². The highest BCUT2D eigenvalue weighted by Crippen LogP contribution is 2.38. The van der Waals surface area contributed by atoms with E-state index in [9.17, 15) is 0 Å². The maximum atomic E-state index is 2.54. The molecule has 0 bridgehead atoms. The zero-order valence-electron chi connectivity index (χ0n) is 14.1. The number of rotatable bonds is 10. The van der Waals surface area contributed by atoms with Gasteiger partial charge in [0.05, 0.1) is 0 Å². The monoisotopic (exact) mass is 254 g/mol. The molecule has 0 saturated carbocycles. The number of hydrogen-bond donors (Lipinski definition) is 0. The Morgan fingerprint density at radius 1 is 0.611 bits per heavy atom. The second kappa shape index (κ2) is 9.87. The summed E-state index contributed by atoms with van der Waals surface area (Å²) in [4.78, 5) is 0. The first-order valence-corrected chi connectivity index (χ1v) is 8.53. The largest absolute Gasteiger partial charge is 0.0654 e. The van der Waals surface area contributed by atoms with Gasteiger partial charge in [0, 0.05) is 0 Å². The molecule has 0 heteroatoms. The fraction of sp³-hybridized carbons (Fsp3) is 1.00. The summed E-state index contributed by atoms with van der Waals surface area (Å²) >= 11 is 0. The van der Waals surface area contributed by atoms with Crippen molar-refractivity contribution in [1.29, 1.82) is 0 Å². The highest BCUT2D eigenvalue weighted by Gasteiger charge is 2.30. The Balaban J connectivity index is 4.80. The summed E-state index contributed by atoms with van der Waals surface area (Å²) in [5, 5.41) is 0. The lowest BCUT2D eigenvalue weighted by Gasteiger charge is -2.37. The van der Waals surface area contributed by atoms with E-state index >= 15 is 0 Å². The quantitative estimate of drug-likeness (QED) is 0.415. The van der Waals surface area contributed by atoms with Crippen molar-refractivity contribution in [3.05, 3.63) is 0 Å². The summed E-state index contributed by atoms with van der Waals surface area (Å²) in [7, 11) is 0. The Labute approximate surface area is 117 Å². The second-order valence-corrected chi connectivity index (χ2v) is 6.54. The summed E-state index contributed by atoms with van der Waals surface area (Å²) in [5.74, 6) is 4.55. The van der Waals surface area contributed by atoms with Crippen LogP contribution in [0.4, 0.5) is 0 Å². The molecule has 0 aromatic carbocycles. The summed E-state index contributed by atoms with van der Waals surface area (Å²) in [5.41, 5.74) is 0. The van der Waals surface area contributed by atoms with Crippen molar-refractivity contribution < 1.29 is 0 Å². The average Bonchev–Trinajstić information content (AvgIpc) is 2.39. The summed E-state index contributed by atoms with van der Waals surface area (Å²) in [6, 6.07) is 0. The molecule has 0 aromatic rings. The highest BCUT2D eigenvalue weighted by atomic mass is 14.4. The van der Waals surface area contributed by atoms with Crippen LogP contribution in [0.1, 0.15) is 87.0 Å². The Morgan fingerprint density at radius 2 is 0.944 bits per heavy atom. The van der Waals surface area contributed by atoms with Gasteiger partial charge in [0.1, 0.15) is 0 Å². The molecule has 110 valence electrons. The Bertz CT molecular complexity index is 164. The Morgan fingerprint density at radius 3 is 1.17 bits per heavy atom. The summed E-state index contributed by atoms with van der Waals surface area (Å²) in [6.07, 6.45) is 8.22. The molecule has 0 aliphatic carbocycles. The molecule has 4 atom stereocenters. The second-order valence-electron chi connectivity index (χ2n) is 6.54. The van der Waals surface area contributed by atoms with Gasteiger partial charge in [-0.3, -0.25) is 0 Å². The molecule has 0 fully saturated rings. The lowest BCUT2D eigenvalue weighted by molar-refractivity contribution is 0.121. The van der Waals surface area contributed by atoms with E-state index in [0.29, 0.717) is 0 Å². The minimum absolute atomic E-state index is 0.892. The third-order valence-electron chi connectivity index (χ3n) is 5.34. The molecule has 4 unspecified atom stereocenters. The van der Waals surface area contributed by atoms with E-state index in [0.717, 1.165) is 29.6 Å². The van der Waals surface area contributed by atoms with Crippen LogP contribution in [-0.2, 0) is 0 Å². The van der Waals surface area contributed by atoms with Gasteiger partial charge in [-0.1, -0.05) is 87.0 Å². The fourth-order valence-corrected chi connectivity index (χ4v) is 3.72. The number of hydrogen-bond acceptors (Lipinski definition) is 0. The van der Waals surface area contributed by atoms with Gasteiger partial charge in [0.25, 0.3) is 0 Å². The van der Waals surface area contributed by atoms with Gasteiger partial charge in [-0.25, -0.2) is 0 Å². The standard InChI is InChI=1S/C18H38/c1-8-12-17(14(5)10-3)16(7)18(13-9-2)15(6)11-4/h14-18H,8-13H2,1-7H3. The van der Waals surface area contributed by atoms with Crippen molar-refractivity contribution in [3.63, 3.8) is 0 Å². The SMILES string of the molecule is CCCC(C(C)CC)C(C)C(CCC)C(C)CC. The molecule has 0 aliphatic heterocycles. The van der Waals surface area contributed by atoms with Crippen LogP contribution in [-0.4, -0.2) is 0 Å². The van der Waals surface area contributed by atoms with E-state index in [-0.39, 0.29) is 0 Å². The predicted molar refractivity (Wildman–Crippen MR) is 84.9 cm³/mol. The minimum atomic E-state index is 0.892. The van der Waals surface area contributed by atoms with Crippen LogP contribution >= 0.6 is 0 Å². The van der Waals surface area contributed by atoms with E-state index in [2.05, 4.69) is 48.5 Å². The lowest BCUT2D eigenvalue weighted by Crippen LogP contribution is -2.29. The van der Waals surface area contributed by atoms with E-state index in [1.807, 2.05) is 0 Å². The van der Waals surface area contributed by atoms with E-state index in [1.54, 1.807) is 0 Å². The van der Waals surface area contributed by atoms with Crippen molar-refractivity contribution >= 4 is 0 Å². The third kappa shape index (κ3) is 5.33. The molecule has 0 radical (unpaired) electrons. The maximum Gasteiger partial charge on any atom is -0.0360 e. The molecule has 0 aliphatic rings. The molecule has 0 spiro atoms. The molecule has 0 rings (SSSR count). The molecule has 0 nitrogen and oxygen atoms in total. The lowest BCUT2D eigenvalue weighted by atomic mass is 9.68. The fourth-order valence-electron chi connectivity index (χ4n) is 3.72. The average molecular weight is 255 g/mol. The van der Waals surface area contributed by atoms with E-state index < -0.39 is 0 Å². The molecular weight excluding hydrogens is 216 g/mol. The van der Waals surface area contributed by atoms with Gasteiger partial charge in [-0.15, -0.1) is 0 Å². The van der Waals surface area contributed by atoms with Gasteiger partial charge in [0.15, 0.2) is 0 Å². The van der Waals surface area contributed by atoms with Crippen LogP contribution < -0.4 is 0 Å². The zero-order valence-corrected chi connectivity index (χ0v) is 14.1. The topological polar surface area (TPSA) is 0 Å². The first-order valence-electron chi connectivity index (χ1n) is 8.53. The normalized spacial score (nSPS) is 20.2. The molecule has 0 aromatic heterocycles. The predicted octanol–water partition coefficient (Wildman–Crippen LogP) is 6.55. The minimum Gasteiger partial charge on any atom is -0.0654 e. The maximum absolute atomic E-state index is 2.54. The summed E-state index contributed by atoms with van der Waals surface area (Å²) < 4.78 is 0. The highest BCUT2D eigenvalue weighted by molar-refractivity contribution is 4.79. The molecule has 0 N–H and O–H groups in total. The Hall–Kier alpha value is 0. The van der Waals surface area contributed by atoms with Crippen molar-refractivity contribution in [2.24, 2.45) is 29.6 Å². The van der Waals surface area contributed by atoms with Crippen LogP contribution in [0.2, 0.25) is 0 Å². The molecule has 18 heavy (non-hydrogen) atoms. The molecule has 0 heterocycles. The van der Waals surface area contributed by atoms with Gasteiger partial charge in [0.2, 0.25) is 0 Å². The molecule has 0 saturated heterocycles.